The predicted octanol–water partition coefficient (Wildman–Crippen LogP) is 3.07. The molecule has 3 fully saturated rings. The smallest absolute Gasteiger partial charge is 0.274 e. The van der Waals surface area contributed by atoms with Crippen LogP contribution in [-0.4, -0.2) is 57.7 Å². The molecule has 27 heavy (non-hydrogen) atoms. The summed E-state index contributed by atoms with van der Waals surface area (Å²) in [4.78, 5) is 17.9. The van der Waals surface area contributed by atoms with E-state index in [9.17, 15) is 9.18 Å². The summed E-state index contributed by atoms with van der Waals surface area (Å²) in [5, 5.41) is 4.76. The lowest BCUT2D eigenvalue weighted by Gasteiger charge is -2.31. The van der Waals surface area contributed by atoms with E-state index < -0.39 is 5.82 Å². The van der Waals surface area contributed by atoms with Crippen LogP contribution < -0.4 is 0 Å². The van der Waals surface area contributed by atoms with Crippen molar-refractivity contribution in [2.45, 2.75) is 38.1 Å². The van der Waals surface area contributed by atoms with Gasteiger partial charge in [0.15, 0.2) is 5.69 Å². The number of nitrogens with zero attached hydrogens (tertiary/aromatic N) is 4. The lowest BCUT2D eigenvalue weighted by Crippen LogP contribution is -2.42. The number of carbonyl (C=O) groups is 1. The molecule has 4 aliphatic rings. The first-order chi connectivity index (χ1) is 13.1. The Morgan fingerprint density at radius 3 is 2.74 bits per heavy atom. The van der Waals surface area contributed by atoms with Crippen LogP contribution in [0.1, 0.15) is 41.0 Å². The van der Waals surface area contributed by atoms with E-state index in [0.717, 1.165) is 69.5 Å². The number of carbonyl (C=O) groups excluding carboxylic acids is 1. The second-order valence-corrected chi connectivity index (χ2v) is 8.12. The molecule has 142 valence electrons. The van der Waals surface area contributed by atoms with Crippen molar-refractivity contribution >= 4 is 17.5 Å². The fourth-order valence-corrected chi connectivity index (χ4v) is 4.90. The molecule has 0 unspecified atom stereocenters. The Bertz CT molecular complexity index is 904. The number of aromatic nitrogens is 2. The molecule has 6 rings (SSSR count). The van der Waals surface area contributed by atoms with E-state index in [1.807, 2.05) is 4.90 Å². The second-order valence-electron chi connectivity index (χ2n) is 7.71. The SMILES string of the molecule is O=C(c1nn(-c2ccc(F)c(Cl)c2)c2c1CCC2)N1CCN2CCC1CC2. The average Bonchev–Trinajstić information content (AvgIpc) is 3.15. The van der Waals surface area contributed by atoms with Crippen LogP contribution in [0.25, 0.3) is 5.69 Å². The number of hydrogen-bond acceptors (Lipinski definition) is 3. The van der Waals surface area contributed by atoms with E-state index in [1.165, 1.54) is 6.07 Å². The Morgan fingerprint density at radius 2 is 1.96 bits per heavy atom. The van der Waals surface area contributed by atoms with Gasteiger partial charge in [-0.2, -0.15) is 5.10 Å². The zero-order valence-corrected chi connectivity index (χ0v) is 15.9. The van der Waals surface area contributed by atoms with E-state index >= 15 is 0 Å². The topological polar surface area (TPSA) is 41.4 Å². The molecule has 2 bridgehead atoms. The van der Waals surface area contributed by atoms with Gasteiger partial charge in [0, 0.05) is 43.5 Å². The number of hydrogen-bond donors (Lipinski definition) is 0. The van der Waals surface area contributed by atoms with Crippen LogP contribution in [-0.2, 0) is 12.8 Å². The lowest BCUT2D eigenvalue weighted by molar-refractivity contribution is 0.0677. The molecule has 0 atom stereocenters. The van der Waals surface area contributed by atoms with Gasteiger partial charge in [0.25, 0.3) is 5.91 Å². The largest absolute Gasteiger partial charge is 0.333 e. The molecule has 1 aliphatic carbocycles. The molecule has 0 N–H and O–H groups in total. The fourth-order valence-electron chi connectivity index (χ4n) is 4.73. The van der Waals surface area contributed by atoms with Crippen molar-refractivity contribution in [2.75, 3.05) is 26.2 Å². The highest BCUT2D eigenvalue weighted by Crippen LogP contribution is 2.31. The van der Waals surface area contributed by atoms with Crippen LogP contribution in [0.15, 0.2) is 18.2 Å². The number of piperidine rings is 1. The van der Waals surface area contributed by atoms with Crippen molar-refractivity contribution in [3.05, 3.63) is 46.0 Å². The number of benzene rings is 1. The molecule has 1 amide bonds. The minimum atomic E-state index is -0.448. The molecule has 3 saturated heterocycles. The van der Waals surface area contributed by atoms with E-state index in [-0.39, 0.29) is 10.9 Å². The van der Waals surface area contributed by atoms with Gasteiger partial charge < -0.3 is 9.80 Å². The second kappa shape index (κ2) is 6.60. The standard InChI is InChI=1S/C20H22ClFN4O/c21-16-12-14(4-5-17(16)22)26-18-3-1-2-15(18)19(23-26)20(27)25-11-10-24-8-6-13(25)7-9-24/h4-5,12-13H,1-3,6-11H2. The van der Waals surface area contributed by atoms with Gasteiger partial charge in [-0.25, -0.2) is 9.07 Å². The molecule has 0 spiro atoms. The van der Waals surface area contributed by atoms with Crippen LogP contribution in [0.3, 0.4) is 0 Å². The van der Waals surface area contributed by atoms with Gasteiger partial charge in [-0.05, 0) is 50.3 Å². The molecular formula is C20H22ClFN4O. The molecule has 4 heterocycles. The van der Waals surface area contributed by atoms with Crippen LogP contribution in [0, 0.1) is 5.82 Å². The molecule has 5 nitrogen and oxygen atoms in total. The molecule has 0 saturated carbocycles. The quantitative estimate of drug-likeness (QED) is 0.794. The Labute approximate surface area is 162 Å². The van der Waals surface area contributed by atoms with E-state index in [4.69, 9.17) is 16.7 Å². The van der Waals surface area contributed by atoms with Crippen molar-refractivity contribution in [2.24, 2.45) is 0 Å². The lowest BCUT2D eigenvalue weighted by atomic mass is 10.0. The highest BCUT2D eigenvalue weighted by molar-refractivity contribution is 6.30. The highest BCUT2D eigenvalue weighted by Gasteiger charge is 2.36. The maximum absolute atomic E-state index is 13.6. The van der Waals surface area contributed by atoms with Crippen LogP contribution in [0.2, 0.25) is 5.02 Å². The summed E-state index contributed by atoms with van der Waals surface area (Å²) in [7, 11) is 0. The van der Waals surface area contributed by atoms with Gasteiger partial charge in [0.2, 0.25) is 0 Å². The summed E-state index contributed by atoms with van der Waals surface area (Å²) in [6.07, 6.45) is 4.85. The van der Waals surface area contributed by atoms with Crippen molar-refractivity contribution < 1.29 is 9.18 Å². The summed E-state index contributed by atoms with van der Waals surface area (Å²) >= 11 is 5.97. The van der Waals surface area contributed by atoms with Gasteiger partial charge in [0.1, 0.15) is 5.82 Å². The van der Waals surface area contributed by atoms with Crippen molar-refractivity contribution in [1.29, 1.82) is 0 Å². The van der Waals surface area contributed by atoms with Gasteiger partial charge in [-0.1, -0.05) is 11.6 Å². The van der Waals surface area contributed by atoms with Gasteiger partial charge in [0.05, 0.1) is 10.7 Å². The Hall–Kier alpha value is -1.92. The van der Waals surface area contributed by atoms with E-state index in [2.05, 4.69) is 4.90 Å². The number of rotatable bonds is 2. The van der Waals surface area contributed by atoms with Crippen LogP contribution >= 0.6 is 11.6 Å². The number of halogens is 2. The first-order valence-corrected chi connectivity index (χ1v) is 10.1. The summed E-state index contributed by atoms with van der Waals surface area (Å²) < 4.78 is 15.4. The molecule has 1 aromatic carbocycles. The van der Waals surface area contributed by atoms with Crippen molar-refractivity contribution in [3.63, 3.8) is 0 Å². The summed E-state index contributed by atoms with van der Waals surface area (Å²) in [6, 6.07) is 4.92. The number of amides is 1. The third kappa shape index (κ3) is 2.86. The first kappa shape index (κ1) is 17.2. The molecule has 3 aliphatic heterocycles. The molecule has 7 heteroatoms. The van der Waals surface area contributed by atoms with Gasteiger partial charge in [-0.15, -0.1) is 0 Å². The zero-order valence-electron chi connectivity index (χ0n) is 15.1. The van der Waals surface area contributed by atoms with E-state index in [1.54, 1.807) is 16.8 Å². The Morgan fingerprint density at radius 1 is 1.15 bits per heavy atom. The minimum Gasteiger partial charge on any atom is -0.333 e. The maximum atomic E-state index is 13.6. The highest BCUT2D eigenvalue weighted by atomic mass is 35.5. The third-order valence-electron chi connectivity index (χ3n) is 6.20. The van der Waals surface area contributed by atoms with Crippen LogP contribution in [0.4, 0.5) is 4.39 Å². The van der Waals surface area contributed by atoms with Crippen molar-refractivity contribution in [3.8, 4) is 5.69 Å². The van der Waals surface area contributed by atoms with Crippen LogP contribution in [0.5, 0.6) is 0 Å². The minimum absolute atomic E-state index is 0.0499. The molecule has 1 aromatic heterocycles. The van der Waals surface area contributed by atoms with E-state index in [0.29, 0.717) is 17.4 Å². The number of fused-ring (bicyclic) bond motifs is 5. The summed E-state index contributed by atoms with van der Waals surface area (Å²) in [5.74, 6) is -0.398. The first-order valence-electron chi connectivity index (χ1n) is 9.71. The zero-order chi connectivity index (χ0) is 18.5. The van der Waals surface area contributed by atoms with Gasteiger partial charge >= 0.3 is 0 Å². The normalized spacial score (nSPS) is 24.1. The molecular weight excluding hydrogens is 367 g/mol. The maximum Gasteiger partial charge on any atom is 0.274 e. The van der Waals surface area contributed by atoms with Crippen molar-refractivity contribution in [1.82, 2.24) is 19.6 Å². The Kier molecular flexibility index (Phi) is 4.20. The summed E-state index contributed by atoms with van der Waals surface area (Å²) in [6.45, 7) is 3.87. The van der Waals surface area contributed by atoms with Gasteiger partial charge in [-0.3, -0.25) is 4.79 Å². The monoisotopic (exact) mass is 388 g/mol. The molecule has 2 aromatic rings. The third-order valence-corrected chi connectivity index (χ3v) is 6.49. The fraction of sp³-hybridized carbons (Fsp3) is 0.500. The predicted molar refractivity (Wildman–Crippen MR) is 101 cm³/mol. The average molecular weight is 389 g/mol. The molecule has 0 radical (unpaired) electrons. The Balaban J connectivity index is 1.53. The summed E-state index contributed by atoms with van der Waals surface area (Å²) in [5.41, 5.74) is 3.40.